The fraction of sp³-hybridized carbons (Fsp3) is 0.429. The summed E-state index contributed by atoms with van der Waals surface area (Å²) in [6.45, 7) is 11.5. The Morgan fingerprint density at radius 3 is 2.41 bits per heavy atom. The van der Waals surface area contributed by atoms with Crippen molar-refractivity contribution in [3.8, 4) is 0 Å². The Morgan fingerprint density at radius 2 is 1.76 bits per heavy atom. The summed E-state index contributed by atoms with van der Waals surface area (Å²) in [5.74, 6) is 0. The lowest BCUT2D eigenvalue weighted by Gasteiger charge is -2.06. The van der Waals surface area contributed by atoms with Crippen molar-refractivity contribution in [3.63, 3.8) is 0 Å². The van der Waals surface area contributed by atoms with Crippen molar-refractivity contribution in [2.75, 3.05) is 0 Å². The first-order valence-corrected chi connectivity index (χ1v) is 5.92. The smallest absolute Gasteiger partial charge is 0.113 e. The molecule has 1 heterocycles. The van der Waals surface area contributed by atoms with Crippen molar-refractivity contribution in [2.24, 2.45) is 0 Å². The summed E-state index contributed by atoms with van der Waals surface area (Å²) in [6.07, 6.45) is 0. The average Bonchev–Trinajstić information content (AvgIpc) is 2.62. The highest BCUT2D eigenvalue weighted by Crippen LogP contribution is 2.18. The van der Waals surface area contributed by atoms with Crippen LogP contribution in [-0.4, -0.2) is 15.0 Å². The minimum Gasteiger partial charge on any atom is -0.241 e. The summed E-state index contributed by atoms with van der Waals surface area (Å²) < 4.78 is 1.98. The number of benzene rings is 1. The third kappa shape index (κ3) is 2.23. The first-order valence-electron chi connectivity index (χ1n) is 5.92. The molecule has 0 fully saturated rings. The molecule has 0 spiro atoms. The van der Waals surface area contributed by atoms with E-state index in [0.29, 0.717) is 0 Å². The zero-order chi connectivity index (χ0) is 12.6. The molecular formula is C14H19N3. The second-order valence-corrected chi connectivity index (χ2v) is 4.95. The second-order valence-electron chi connectivity index (χ2n) is 4.95. The second kappa shape index (κ2) is 4.32. The van der Waals surface area contributed by atoms with E-state index >= 15 is 0 Å². The predicted octanol–water partition coefficient (Wildman–Crippen LogP) is 3.40. The van der Waals surface area contributed by atoms with Gasteiger partial charge in [0.25, 0.3) is 0 Å². The average molecular weight is 229 g/mol. The fourth-order valence-electron chi connectivity index (χ4n) is 1.72. The van der Waals surface area contributed by atoms with Gasteiger partial charge >= 0.3 is 0 Å². The largest absolute Gasteiger partial charge is 0.241 e. The highest BCUT2D eigenvalue weighted by Gasteiger charge is 2.07. The van der Waals surface area contributed by atoms with Crippen molar-refractivity contribution in [2.45, 2.75) is 41.2 Å². The number of allylic oxidation sites excluding steroid dienone is 2. The minimum atomic E-state index is 0.821. The van der Waals surface area contributed by atoms with E-state index in [0.717, 1.165) is 17.6 Å². The molecule has 0 bridgehead atoms. The molecule has 3 heteroatoms. The van der Waals surface area contributed by atoms with Gasteiger partial charge in [0.2, 0.25) is 0 Å². The van der Waals surface area contributed by atoms with Crippen molar-refractivity contribution >= 4 is 11.0 Å². The van der Waals surface area contributed by atoms with E-state index in [-0.39, 0.29) is 0 Å². The lowest BCUT2D eigenvalue weighted by atomic mass is 10.1. The highest BCUT2D eigenvalue weighted by molar-refractivity contribution is 5.76. The normalized spacial score (nSPS) is 10.9. The summed E-state index contributed by atoms with van der Waals surface area (Å²) in [6, 6.07) is 4.27. The van der Waals surface area contributed by atoms with Gasteiger partial charge < -0.3 is 0 Å². The first kappa shape index (κ1) is 11.8. The van der Waals surface area contributed by atoms with Crippen LogP contribution < -0.4 is 0 Å². The summed E-state index contributed by atoms with van der Waals surface area (Å²) in [5.41, 5.74) is 7.34. The van der Waals surface area contributed by atoms with Gasteiger partial charge in [-0.3, -0.25) is 0 Å². The van der Waals surface area contributed by atoms with Gasteiger partial charge in [-0.1, -0.05) is 16.4 Å². The van der Waals surface area contributed by atoms with Gasteiger partial charge in [0.15, 0.2) is 0 Å². The van der Waals surface area contributed by atoms with Gasteiger partial charge in [-0.2, -0.15) is 0 Å². The SMILES string of the molecule is CC(C)=C(C)Cn1nnc2cc(C)c(C)cc21. The molecular weight excluding hydrogens is 210 g/mol. The molecule has 3 nitrogen and oxygen atoms in total. The van der Waals surface area contributed by atoms with E-state index in [1.807, 2.05) is 4.68 Å². The van der Waals surface area contributed by atoms with Crippen LogP contribution in [0.1, 0.15) is 31.9 Å². The van der Waals surface area contributed by atoms with E-state index in [2.05, 4.69) is 57.1 Å². The van der Waals surface area contributed by atoms with Crippen LogP contribution in [0.25, 0.3) is 11.0 Å². The topological polar surface area (TPSA) is 30.7 Å². The first-order chi connectivity index (χ1) is 7.99. The number of hydrogen-bond acceptors (Lipinski definition) is 2. The van der Waals surface area contributed by atoms with Gasteiger partial charge in [0, 0.05) is 0 Å². The Balaban J connectivity index is 2.50. The number of hydrogen-bond donors (Lipinski definition) is 0. The molecule has 0 radical (unpaired) electrons. The number of nitrogens with zero attached hydrogens (tertiary/aromatic N) is 3. The van der Waals surface area contributed by atoms with Crippen LogP contribution in [-0.2, 0) is 6.54 Å². The van der Waals surface area contributed by atoms with E-state index in [1.165, 1.54) is 22.3 Å². The van der Waals surface area contributed by atoms with Crippen LogP contribution in [0.15, 0.2) is 23.3 Å². The lowest BCUT2D eigenvalue weighted by Crippen LogP contribution is -2.02. The van der Waals surface area contributed by atoms with E-state index in [1.54, 1.807) is 0 Å². The standard InChI is InChI=1S/C14H19N3/c1-9(2)12(5)8-17-14-7-11(4)10(3)6-13(14)15-16-17/h6-7H,8H2,1-5H3. The molecule has 0 saturated carbocycles. The number of fused-ring (bicyclic) bond motifs is 1. The summed E-state index contributed by atoms with van der Waals surface area (Å²) >= 11 is 0. The summed E-state index contributed by atoms with van der Waals surface area (Å²) in [4.78, 5) is 0. The molecule has 2 aromatic rings. The van der Waals surface area contributed by atoms with Gasteiger partial charge in [0.05, 0.1) is 12.1 Å². The quantitative estimate of drug-likeness (QED) is 0.739. The Kier molecular flexibility index (Phi) is 3.01. The molecule has 0 aliphatic heterocycles. The molecule has 17 heavy (non-hydrogen) atoms. The van der Waals surface area contributed by atoms with Gasteiger partial charge in [-0.15, -0.1) is 5.10 Å². The third-order valence-corrected chi connectivity index (χ3v) is 3.37. The van der Waals surface area contributed by atoms with E-state index in [4.69, 9.17) is 0 Å². The molecule has 0 aliphatic rings. The molecule has 2 rings (SSSR count). The van der Waals surface area contributed by atoms with Gasteiger partial charge in [-0.25, -0.2) is 4.68 Å². The number of rotatable bonds is 2. The van der Waals surface area contributed by atoms with Crippen LogP contribution in [0.4, 0.5) is 0 Å². The van der Waals surface area contributed by atoms with Crippen LogP contribution in [0.2, 0.25) is 0 Å². The summed E-state index contributed by atoms with van der Waals surface area (Å²) in [5, 5.41) is 8.46. The Hall–Kier alpha value is -1.64. The maximum Gasteiger partial charge on any atom is 0.113 e. The van der Waals surface area contributed by atoms with Crippen LogP contribution in [0.5, 0.6) is 0 Å². The molecule has 0 aliphatic carbocycles. The van der Waals surface area contributed by atoms with Crippen molar-refractivity contribution in [1.82, 2.24) is 15.0 Å². The van der Waals surface area contributed by atoms with Crippen LogP contribution in [0.3, 0.4) is 0 Å². The molecule has 0 unspecified atom stereocenters. The van der Waals surface area contributed by atoms with Crippen LogP contribution >= 0.6 is 0 Å². The lowest BCUT2D eigenvalue weighted by molar-refractivity contribution is 0.657. The van der Waals surface area contributed by atoms with Gasteiger partial charge in [-0.05, 0) is 57.9 Å². The number of aromatic nitrogens is 3. The van der Waals surface area contributed by atoms with Crippen molar-refractivity contribution in [1.29, 1.82) is 0 Å². The minimum absolute atomic E-state index is 0.821. The monoisotopic (exact) mass is 229 g/mol. The highest BCUT2D eigenvalue weighted by atomic mass is 15.4. The van der Waals surface area contributed by atoms with Crippen LogP contribution in [0, 0.1) is 13.8 Å². The molecule has 1 aromatic heterocycles. The summed E-state index contributed by atoms with van der Waals surface area (Å²) in [7, 11) is 0. The van der Waals surface area contributed by atoms with E-state index in [9.17, 15) is 0 Å². The number of aryl methyl sites for hydroxylation is 2. The zero-order valence-corrected chi connectivity index (χ0v) is 11.2. The Bertz CT molecular complexity index is 587. The molecule has 0 atom stereocenters. The molecule has 0 saturated heterocycles. The van der Waals surface area contributed by atoms with Crippen molar-refractivity contribution < 1.29 is 0 Å². The zero-order valence-electron chi connectivity index (χ0n) is 11.2. The Labute approximate surface area is 102 Å². The molecule has 0 N–H and O–H groups in total. The molecule has 90 valence electrons. The maximum absolute atomic E-state index is 4.23. The van der Waals surface area contributed by atoms with Crippen molar-refractivity contribution in [3.05, 3.63) is 34.4 Å². The Morgan fingerprint density at radius 1 is 1.12 bits per heavy atom. The predicted molar refractivity (Wildman–Crippen MR) is 71.1 cm³/mol. The maximum atomic E-state index is 4.23. The third-order valence-electron chi connectivity index (χ3n) is 3.37. The molecule has 0 amide bonds. The van der Waals surface area contributed by atoms with E-state index < -0.39 is 0 Å². The van der Waals surface area contributed by atoms with Gasteiger partial charge in [0.1, 0.15) is 5.52 Å². The molecule has 1 aromatic carbocycles. The fourth-order valence-corrected chi connectivity index (χ4v) is 1.72.